The van der Waals surface area contributed by atoms with Gasteiger partial charge in [0.15, 0.2) is 0 Å². The first kappa shape index (κ1) is 27.2. The van der Waals surface area contributed by atoms with Gasteiger partial charge in [0.1, 0.15) is 0 Å². The molecule has 0 fully saturated rings. The molecular formula is C46H31N. The van der Waals surface area contributed by atoms with Gasteiger partial charge in [0.05, 0.1) is 0 Å². The molecule has 0 spiro atoms. The van der Waals surface area contributed by atoms with E-state index in [9.17, 15) is 0 Å². The average molecular weight is 598 g/mol. The number of hydrogen-bond acceptors (Lipinski definition) is 1. The molecule has 220 valence electrons. The van der Waals surface area contributed by atoms with E-state index in [0.29, 0.717) is 0 Å². The molecule has 0 radical (unpaired) electrons. The van der Waals surface area contributed by atoms with Crippen molar-refractivity contribution in [1.82, 2.24) is 0 Å². The summed E-state index contributed by atoms with van der Waals surface area (Å²) in [4.78, 5) is 2.30. The van der Waals surface area contributed by atoms with Crippen LogP contribution in [0.4, 0.5) is 17.1 Å². The van der Waals surface area contributed by atoms with Gasteiger partial charge in [-0.1, -0.05) is 133 Å². The molecule has 1 heteroatoms. The maximum Gasteiger partial charge on any atom is 0.0462 e. The van der Waals surface area contributed by atoms with Crippen molar-refractivity contribution in [3.63, 3.8) is 0 Å². The molecule has 9 aromatic rings. The molecule has 1 nitrogen and oxygen atoms in total. The van der Waals surface area contributed by atoms with Crippen molar-refractivity contribution in [2.75, 3.05) is 4.90 Å². The van der Waals surface area contributed by atoms with Crippen LogP contribution in [-0.2, 0) is 0 Å². The molecule has 47 heavy (non-hydrogen) atoms. The first-order chi connectivity index (χ1) is 23.3. The highest BCUT2D eigenvalue weighted by Crippen LogP contribution is 2.39. The highest BCUT2D eigenvalue weighted by molar-refractivity contribution is 6.25. The maximum absolute atomic E-state index is 2.37. The van der Waals surface area contributed by atoms with Crippen LogP contribution in [0.3, 0.4) is 0 Å². The Kier molecular flexibility index (Phi) is 6.54. The van der Waals surface area contributed by atoms with Crippen LogP contribution in [0.15, 0.2) is 188 Å². The van der Waals surface area contributed by atoms with Crippen LogP contribution in [0.5, 0.6) is 0 Å². The van der Waals surface area contributed by atoms with Crippen LogP contribution in [0.2, 0.25) is 0 Å². The van der Waals surface area contributed by atoms with Crippen LogP contribution in [0, 0.1) is 0 Å². The zero-order valence-electron chi connectivity index (χ0n) is 25.8. The number of hydrogen-bond donors (Lipinski definition) is 0. The molecule has 0 bridgehead atoms. The van der Waals surface area contributed by atoms with E-state index in [2.05, 4.69) is 193 Å². The molecule has 0 aliphatic carbocycles. The van der Waals surface area contributed by atoms with Gasteiger partial charge in [0, 0.05) is 17.1 Å². The Morgan fingerprint density at radius 3 is 1.13 bits per heavy atom. The second-order valence-electron chi connectivity index (χ2n) is 12.2. The summed E-state index contributed by atoms with van der Waals surface area (Å²) < 4.78 is 0. The van der Waals surface area contributed by atoms with Crippen molar-refractivity contribution in [1.29, 1.82) is 0 Å². The molecule has 0 aliphatic heterocycles. The molecule has 0 saturated carbocycles. The fourth-order valence-electron chi connectivity index (χ4n) is 7.10. The summed E-state index contributed by atoms with van der Waals surface area (Å²) in [5, 5.41) is 10.3. The second kappa shape index (κ2) is 11.3. The monoisotopic (exact) mass is 597 g/mol. The number of rotatable bonds is 5. The van der Waals surface area contributed by atoms with Gasteiger partial charge in [-0.15, -0.1) is 0 Å². The lowest BCUT2D eigenvalue weighted by atomic mass is 9.91. The van der Waals surface area contributed by atoms with Gasteiger partial charge in [-0.3, -0.25) is 0 Å². The van der Waals surface area contributed by atoms with Gasteiger partial charge in [0.25, 0.3) is 0 Å². The molecule has 0 N–H and O–H groups in total. The van der Waals surface area contributed by atoms with Crippen LogP contribution in [-0.4, -0.2) is 0 Å². The third-order valence-electron chi connectivity index (χ3n) is 9.41. The van der Waals surface area contributed by atoms with E-state index in [4.69, 9.17) is 0 Å². The summed E-state index contributed by atoms with van der Waals surface area (Å²) in [6.07, 6.45) is 0. The van der Waals surface area contributed by atoms with Gasteiger partial charge in [-0.2, -0.15) is 0 Å². The largest absolute Gasteiger partial charge is 0.311 e. The van der Waals surface area contributed by atoms with Crippen LogP contribution in [0.25, 0.3) is 65.3 Å². The zero-order valence-corrected chi connectivity index (χ0v) is 25.8. The minimum Gasteiger partial charge on any atom is -0.311 e. The number of fused-ring (bicyclic) bond motifs is 7. The van der Waals surface area contributed by atoms with E-state index in [-0.39, 0.29) is 0 Å². The van der Waals surface area contributed by atoms with E-state index in [1.165, 1.54) is 65.3 Å². The summed E-state index contributed by atoms with van der Waals surface area (Å²) >= 11 is 0. The molecule has 0 atom stereocenters. The van der Waals surface area contributed by atoms with E-state index in [1.54, 1.807) is 0 Å². The second-order valence-corrected chi connectivity index (χ2v) is 12.2. The van der Waals surface area contributed by atoms with Crippen LogP contribution < -0.4 is 4.90 Å². The highest BCUT2D eigenvalue weighted by Gasteiger charge is 2.13. The van der Waals surface area contributed by atoms with Gasteiger partial charge < -0.3 is 4.90 Å². The maximum atomic E-state index is 2.37. The van der Waals surface area contributed by atoms with E-state index in [1.807, 2.05) is 0 Å². The molecule has 0 aromatic heterocycles. The minimum atomic E-state index is 1.13. The molecule has 0 aliphatic rings. The topological polar surface area (TPSA) is 3.24 Å². The average Bonchev–Trinajstić information content (AvgIpc) is 3.15. The summed E-state index contributed by atoms with van der Waals surface area (Å²) in [7, 11) is 0. The Morgan fingerprint density at radius 1 is 0.234 bits per heavy atom. The molecule has 0 heterocycles. The van der Waals surface area contributed by atoms with Gasteiger partial charge in [-0.05, 0) is 120 Å². The molecular weight excluding hydrogens is 567 g/mol. The third kappa shape index (κ3) is 4.81. The van der Waals surface area contributed by atoms with Crippen molar-refractivity contribution < 1.29 is 0 Å². The molecule has 0 saturated heterocycles. The number of anilines is 3. The number of nitrogens with zero attached hydrogens (tertiary/aromatic N) is 1. The molecule has 9 rings (SSSR count). The Hall–Kier alpha value is -6.18. The number of benzene rings is 9. The Balaban J connectivity index is 1.06. The zero-order chi connectivity index (χ0) is 31.2. The Labute approximate surface area is 274 Å². The summed E-state index contributed by atoms with van der Waals surface area (Å²) in [6, 6.07) is 68.1. The standard InChI is InChI=1S/C46H31N/c1-3-11-38(12-4-1)47(39-13-5-2-6-14-39)40-26-23-32(24-27-40)33-19-20-35-30-36(22-21-34(35)29-33)37-25-28-45-43-17-8-7-15-41(43)42-16-9-10-18-44(42)46(45)31-37/h1-31H. The molecule has 9 aromatic carbocycles. The summed E-state index contributed by atoms with van der Waals surface area (Å²) in [5.74, 6) is 0. The van der Waals surface area contributed by atoms with Crippen molar-refractivity contribution >= 4 is 60.2 Å². The first-order valence-corrected chi connectivity index (χ1v) is 16.2. The van der Waals surface area contributed by atoms with Crippen LogP contribution >= 0.6 is 0 Å². The first-order valence-electron chi connectivity index (χ1n) is 16.2. The lowest BCUT2D eigenvalue weighted by molar-refractivity contribution is 1.28. The lowest BCUT2D eigenvalue weighted by Gasteiger charge is -2.25. The third-order valence-corrected chi connectivity index (χ3v) is 9.41. The normalized spacial score (nSPS) is 11.4. The summed E-state index contributed by atoms with van der Waals surface area (Å²) in [5.41, 5.74) is 8.30. The minimum absolute atomic E-state index is 1.13. The van der Waals surface area contributed by atoms with Gasteiger partial charge in [-0.25, -0.2) is 0 Å². The summed E-state index contributed by atoms with van der Waals surface area (Å²) in [6.45, 7) is 0. The molecule has 0 unspecified atom stereocenters. The molecule has 0 amide bonds. The van der Waals surface area contributed by atoms with Crippen molar-refractivity contribution in [2.24, 2.45) is 0 Å². The number of para-hydroxylation sites is 2. The fourth-order valence-corrected chi connectivity index (χ4v) is 7.10. The fraction of sp³-hybridized carbons (Fsp3) is 0. The Bertz CT molecular complexity index is 2470. The lowest BCUT2D eigenvalue weighted by Crippen LogP contribution is -2.09. The van der Waals surface area contributed by atoms with Crippen molar-refractivity contribution in [3.05, 3.63) is 188 Å². The van der Waals surface area contributed by atoms with E-state index < -0.39 is 0 Å². The Morgan fingerprint density at radius 2 is 0.596 bits per heavy atom. The van der Waals surface area contributed by atoms with E-state index >= 15 is 0 Å². The predicted molar refractivity (Wildman–Crippen MR) is 202 cm³/mol. The van der Waals surface area contributed by atoms with Crippen LogP contribution in [0.1, 0.15) is 0 Å². The predicted octanol–water partition coefficient (Wildman–Crippen LogP) is 13.1. The van der Waals surface area contributed by atoms with Crippen molar-refractivity contribution in [3.8, 4) is 22.3 Å². The quantitative estimate of drug-likeness (QED) is 0.178. The smallest absolute Gasteiger partial charge is 0.0462 e. The highest BCUT2D eigenvalue weighted by atomic mass is 15.1. The van der Waals surface area contributed by atoms with E-state index in [0.717, 1.165) is 17.1 Å². The van der Waals surface area contributed by atoms with Crippen molar-refractivity contribution in [2.45, 2.75) is 0 Å². The van der Waals surface area contributed by atoms with Gasteiger partial charge >= 0.3 is 0 Å². The SMILES string of the molecule is c1ccc(N(c2ccccc2)c2ccc(-c3ccc4cc(-c5ccc6c7ccccc7c7ccccc7c6c5)ccc4c3)cc2)cc1. The van der Waals surface area contributed by atoms with Gasteiger partial charge in [0.2, 0.25) is 0 Å².